The van der Waals surface area contributed by atoms with Crippen LogP contribution in [0, 0.1) is 5.82 Å². The molecule has 0 bridgehead atoms. The molecule has 1 aromatic rings. The number of nitrogens with two attached hydrogens (primary N) is 1. The van der Waals surface area contributed by atoms with Gasteiger partial charge in [0.25, 0.3) is 0 Å². The Morgan fingerprint density at radius 2 is 1.86 bits per heavy atom. The zero-order valence-corrected chi connectivity index (χ0v) is 15.7. The highest BCUT2D eigenvalue weighted by molar-refractivity contribution is 7.89. The van der Waals surface area contributed by atoms with Crippen molar-refractivity contribution in [2.24, 2.45) is 5.14 Å². The van der Waals surface area contributed by atoms with E-state index in [1.54, 1.807) is 0 Å². The Morgan fingerprint density at radius 3 is 2.23 bits per heavy atom. The van der Waals surface area contributed by atoms with Crippen LogP contribution in [0.2, 0.25) is 18.1 Å². The van der Waals surface area contributed by atoms with Crippen molar-refractivity contribution in [3.05, 3.63) is 29.8 Å². The Labute approximate surface area is 133 Å². The maximum absolute atomic E-state index is 13.1. The van der Waals surface area contributed by atoms with E-state index in [0.717, 1.165) is 6.20 Å². The number of nitrogens with zero attached hydrogens (tertiary/aromatic N) is 1. The lowest BCUT2D eigenvalue weighted by molar-refractivity contribution is 0.177. The summed E-state index contributed by atoms with van der Waals surface area (Å²) in [6.45, 7) is 11.7. The Bertz CT molecular complexity index is 612. The predicted octanol–water partition coefficient (Wildman–Crippen LogP) is 2.96. The van der Waals surface area contributed by atoms with Crippen molar-refractivity contribution in [2.45, 2.75) is 57.2 Å². The highest BCUT2D eigenvalue weighted by atomic mass is 32.2. The number of aromatic nitrogens is 1. The number of hydrogen-bond donors (Lipinski definition) is 1. The van der Waals surface area contributed by atoms with Gasteiger partial charge in [-0.2, -0.15) is 0 Å². The molecule has 0 aliphatic heterocycles. The van der Waals surface area contributed by atoms with Crippen molar-refractivity contribution in [1.82, 2.24) is 4.98 Å². The molecule has 0 fully saturated rings. The highest BCUT2D eigenvalue weighted by Crippen LogP contribution is 2.40. The van der Waals surface area contributed by atoms with E-state index in [4.69, 9.17) is 9.56 Å². The van der Waals surface area contributed by atoms with Gasteiger partial charge >= 0.3 is 0 Å². The van der Waals surface area contributed by atoms with Gasteiger partial charge in [0.05, 0.1) is 11.9 Å². The minimum absolute atomic E-state index is 0.108. The lowest BCUT2D eigenvalue weighted by Crippen LogP contribution is -2.45. The van der Waals surface area contributed by atoms with E-state index in [1.165, 1.54) is 19.1 Å². The molecule has 1 aromatic heterocycles. The first-order valence-corrected chi connectivity index (χ1v) is 11.6. The second-order valence-electron chi connectivity index (χ2n) is 6.99. The van der Waals surface area contributed by atoms with Gasteiger partial charge in [-0.1, -0.05) is 20.8 Å². The minimum atomic E-state index is -3.81. The van der Waals surface area contributed by atoms with Crippen LogP contribution in [0.1, 0.15) is 39.5 Å². The Hall–Kier alpha value is -0.833. The van der Waals surface area contributed by atoms with Gasteiger partial charge in [-0.3, -0.25) is 4.98 Å². The molecule has 0 spiro atoms. The zero-order valence-electron chi connectivity index (χ0n) is 13.9. The third kappa shape index (κ3) is 4.58. The molecule has 2 N–H and O–H groups in total. The molecule has 126 valence electrons. The molecule has 1 rings (SSSR count). The molecule has 0 radical (unpaired) electrons. The summed E-state index contributed by atoms with van der Waals surface area (Å²) in [5.74, 6) is -0.488. The van der Waals surface area contributed by atoms with Gasteiger partial charge in [-0.25, -0.2) is 17.9 Å². The van der Waals surface area contributed by atoms with E-state index in [-0.39, 0.29) is 5.04 Å². The topological polar surface area (TPSA) is 82.3 Å². The van der Waals surface area contributed by atoms with E-state index >= 15 is 0 Å². The van der Waals surface area contributed by atoms with Crippen molar-refractivity contribution in [3.63, 3.8) is 0 Å². The summed E-state index contributed by atoms with van der Waals surface area (Å²) in [5, 5.41) is 4.20. The summed E-state index contributed by atoms with van der Waals surface area (Å²) in [6, 6.07) is 2.68. The fourth-order valence-electron chi connectivity index (χ4n) is 1.62. The largest absolute Gasteiger partial charge is 0.407 e. The number of rotatable bonds is 5. The van der Waals surface area contributed by atoms with Crippen LogP contribution in [0.4, 0.5) is 4.39 Å². The molecule has 0 unspecified atom stereocenters. The summed E-state index contributed by atoms with van der Waals surface area (Å²) in [5.41, 5.74) is 0.368. The van der Waals surface area contributed by atoms with E-state index in [1.807, 2.05) is 13.1 Å². The molecule has 0 aliphatic carbocycles. The molecular formula is C14H25FN2O3SSi. The summed E-state index contributed by atoms with van der Waals surface area (Å²) >= 11 is 0. The normalized spacial score (nSPS) is 16.4. The van der Waals surface area contributed by atoms with Gasteiger partial charge in [-0.05, 0) is 37.2 Å². The third-order valence-corrected chi connectivity index (χ3v) is 9.95. The quantitative estimate of drug-likeness (QED) is 0.829. The zero-order chi connectivity index (χ0) is 17.3. The second kappa shape index (κ2) is 6.35. The molecule has 2 atom stereocenters. The van der Waals surface area contributed by atoms with Crippen molar-refractivity contribution in [3.8, 4) is 0 Å². The van der Waals surface area contributed by atoms with Gasteiger partial charge in [-0.15, -0.1) is 0 Å². The molecule has 8 heteroatoms. The number of primary sulfonamides is 1. The summed E-state index contributed by atoms with van der Waals surface area (Å²) in [7, 11) is -6.07. The van der Waals surface area contributed by atoms with E-state index in [9.17, 15) is 12.8 Å². The second-order valence-corrected chi connectivity index (χ2v) is 13.7. The third-order valence-electron chi connectivity index (χ3n) is 4.21. The van der Waals surface area contributed by atoms with Crippen LogP contribution < -0.4 is 5.14 Å². The van der Waals surface area contributed by atoms with Crippen LogP contribution in [0.25, 0.3) is 0 Å². The van der Waals surface area contributed by atoms with Crippen LogP contribution in [0.3, 0.4) is 0 Å². The average molecular weight is 349 g/mol. The minimum Gasteiger partial charge on any atom is -0.407 e. The van der Waals surface area contributed by atoms with Crippen LogP contribution in [0.5, 0.6) is 0 Å². The van der Waals surface area contributed by atoms with Crippen molar-refractivity contribution in [2.75, 3.05) is 0 Å². The van der Waals surface area contributed by atoms with Crippen LogP contribution >= 0.6 is 0 Å². The van der Waals surface area contributed by atoms with Crippen LogP contribution in [0.15, 0.2) is 18.3 Å². The highest BCUT2D eigenvalue weighted by Gasteiger charge is 2.42. The molecule has 0 aromatic carbocycles. The molecule has 0 saturated heterocycles. The predicted molar refractivity (Wildman–Crippen MR) is 87.8 cm³/mol. The fourth-order valence-corrected chi connectivity index (χ4v) is 3.57. The molecule has 0 saturated carbocycles. The Morgan fingerprint density at radius 1 is 1.32 bits per heavy atom. The number of pyridine rings is 1. The molecule has 0 amide bonds. The first kappa shape index (κ1) is 19.2. The van der Waals surface area contributed by atoms with Crippen molar-refractivity contribution < 1.29 is 17.2 Å². The Balaban J connectivity index is 3.27. The van der Waals surface area contributed by atoms with Gasteiger partial charge < -0.3 is 4.43 Å². The van der Waals surface area contributed by atoms with Gasteiger partial charge in [0.1, 0.15) is 17.2 Å². The SMILES string of the molecule is C[C@@H]([C@@H](O[Si](C)(C)C(C)(C)C)c1ccc(F)cn1)S(N)(=O)=O. The standard InChI is InChI=1S/C14H25FN2O3SSi/c1-10(21(16,18)19)13(12-8-7-11(15)9-17-12)20-22(5,6)14(2,3)4/h7-10,13H,1-6H3,(H2,16,18,19)/t10-,13+/m0/s1. The van der Waals surface area contributed by atoms with E-state index < -0.39 is 35.5 Å². The first-order valence-electron chi connectivity index (χ1n) is 7.06. The lowest BCUT2D eigenvalue weighted by atomic mass is 10.2. The molecule has 5 nitrogen and oxygen atoms in total. The van der Waals surface area contributed by atoms with Crippen molar-refractivity contribution >= 4 is 18.3 Å². The lowest BCUT2D eigenvalue weighted by Gasteiger charge is -2.40. The molecular weight excluding hydrogens is 323 g/mol. The fraction of sp³-hybridized carbons (Fsp3) is 0.643. The van der Waals surface area contributed by atoms with E-state index in [2.05, 4.69) is 25.8 Å². The average Bonchev–Trinajstić information content (AvgIpc) is 2.34. The van der Waals surface area contributed by atoms with Crippen LogP contribution in [-0.4, -0.2) is 27.0 Å². The van der Waals surface area contributed by atoms with E-state index in [0.29, 0.717) is 5.69 Å². The summed E-state index contributed by atoms with van der Waals surface area (Å²) in [4.78, 5) is 3.98. The molecule has 22 heavy (non-hydrogen) atoms. The molecule has 0 aliphatic rings. The van der Waals surface area contributed by atoms with Gasteiger partial charge in [0.2, 0.25) is 10.0 Å². The van der Waals surface area contributed by atoms with Gasteiger partial charge in [0.15, 0.2) is 8.32 Å². The monoisotopic (exact) mass is 348 g/mol. The van der Waals surface area contributed by atoms with Crippen molar-refractivity contribution in [1.29, 1.82) is 0 Å². The Kier molecular flexibility index (Phi) is 5.54. The maximum atomic E-state index is 13.1. The molecule has 1 heterocycles. The maximum Gasteiger partial charge on any atom is 0.214 e. The number of halogens is 1. The van der Waals surface area contributed by atoms with Crippen LogP contribution in [-0.2, 0) is 14.4 Å². The summed E-state index contributed by atoms with van der Waals surface area (Å²) < 4.78 is 42.8. The number of sulfonamides is 1. The summed E-state index contributed by atoms with van der Waals surface area (Å²) in [6.07, 6.45) is 0.226. The van der Waals surface area contributed by atoms with Gasteiger partial charge in [0, 0.05) is 0 Å². The smallest absolute Gasteiger partial charge is 0.214 e. The number of hydrogen-bond acceptors (Lipinski definition) is 4. The first-order chi connectivity index (χ1) is 9.75.